The molecule has 0 aromatic heterocycles. The smallest absolute Gasteiger partial charge is 0.302 e. The standard InChI is InChI=1S/C22H30O5/c1-14(23)27-16-13-20(4)7-6-15(24)12-17(20)21(5)8-9-22(25-10-11-26-22)19(2,3)18(16)21/h6-7,12,16,18H,8-11,13H2,1-5H3/t16-,18-,20?,21+/m0/s1. The normalized spacial score (nSPS) is 41.7. The number of ketones is 1. The van der Waals surface area contributed by atoms with Gasteiger partial charge in [-0.3, -0.25) is 9.59 Å². The third-order valence-electron chi connectivity index (χ3n) is 7.62. The Balaban J connectivity index is 1.86. The van der Waals surface area contributed by atoms with E-state index in [0.717, 1.165) is 18.4 Å². The highest BCUT2D eigenvalue weighted by Crippen LogP contribution is 2.68. The largest absolute Gasteiger partial charge is 0.462 e. The van der Waals surface area contributed by atoms with E-state index in [-0.39, 0.29) is 40.0 Å². The average molecular weight is 374 g/mol. The molecule has 3 aliphatic carbocycles. The first-order valence-electron chi connectivity index (χ1n) is 9.95. The molecule has 0 bridgehead atoms. The van der Waals surface area contributed by atoms with Crippen LogP contribution in [0, 0.1) is 22.2 Å². The molecule has 1 spiro atoms. The number of hydrogen-bond acceptors (Lipinski definition) is 5. The molecule has 1 unspecified atom stereocenters. The number of ether oxygens (including phenoxy) is 3. The maximum atomic E-state index is 12.2. The van der Waals surface area contributed by atoms with Gasteiger partial charge in [0.05, 0.1) is 13.2 Å². The van der Waals surface area contributed by atoms with Crippen molar-refractivity contribution in [1.82, 2.24) is 0 Å². The van der Waals surface area contributed by atoms with Crippen molar-refractivity contribution in [2.24, 2.45) is 22.2 Å². The molecule has 2 saturated carbocycles. The molecule has 148 valence electrons. The van der Waals surface area contributed by atoms with Crippen LogP contribution in [0.15, 0.2) is 23.8 Å². The molecule has 0 aromatic carbocycles. The molecule has 27 heavy (non-hydrogen) atoms. The van der Waals surface area contributed by atoms with Crippen molar-refractivity contribution in [1.29, 1.82) is 0 Å². The van der Waals surface area contributed by atoms with Crippen LogP contribution in [0.1, 0.15) is 53.9 Å². The Morgan fingerprint density at radius 3 is 2.44 bits per heavy atom. The first-order valence-corrected chi connectivity index (χ1v) is 9.95. The van der Waals surface area contributed by atoms with E-state index in [1.54, 1.807) is 6.08 Å². The maximum absolute atomic E-state index is 12.2. The van der Waals surface area contributed by atoms with Crippen molar-refractivity contribution < 1.29 is 23.8 Å². The lowest BCUT2D eigenvalue weighted by molar-refractivity contribution is -0.298. The predicted octanol–water partition coefficient (Wildman–Crippen LogP) is 3.58. The molecule has 0 amide bonds. The van der Waals surface area contributed by atoms with Gasteiger partial charge in [-0.05, 0) is 30.4 Å². The maximum Gasteiger partial charge on any atom is 0.302 e. The van der Waals surface area contributed by atoms with E-state index in [0.29, 0.717) is 19.6 Å². The summed E-state index contributed by atoms with van der Waals surface area (Å²) < 4.78 is 18.2. The van der Waals surface area contributed by atoms with Gasteiger partial charge in [0.15, 0.2) is 11.6 Å². The second-order valence-corrected chi connectivity index (χ2v) is 9.63. The highest BCUT2D eigenvalue weighted by Gasteiger charge is 2.68. The second kappa shape index (κ2) is 5.77. The Kier molecular flexibility index (Phi) is 4.04. The molecule has 0 aromatic rings. The predicted molar refractivity (Wildman–Crippen MR) is 99.8 cm³/mol. The fourth-order valence-corrected chi connectivity index (χ4v) is 6.65. The highest BCUT2D eigenvalue weighted by atomic mass is 16.7. The molecule has 1 heterocycles. The lowest BCUT2D eigenvalue weighted by atomic mass is 9.43. The van der Waals surface area contributed by atoms with Gasteiger partial charge in [-0.2, -0.15) is 0 Å². The van der Waals surface area contributed by atoms with Crippen molar-refractivity contribution in [2.45, 2.75) is 65.8 Å². The molecule has 4 aliphatic rings. The van der Waals surface area contributed by atoms with E-state index in [9.17, 15) is 9.59 Å². The van der Waals surface area contributed by atoms with E-state index >= 15 is 0 Å². The number of carbonyl (C=O) groups excluding carboxylic acids is 2. The van der Waals surface area contributed by atoms with Crippen LogP contribution in [0.2, 0.25) is 0 Å². The minimum atomic E-state index is -0.654. The van der Waals surface area contributed by atoms with Crippen LogP contribution in [-0.2, 0) is 23.8 Å². The fraction of sp³-hybridized carbons (Fsp3) is 0.727. The zero-order valence-electron chi connectivity index (χ0n) is 17.0. The SMILES string of the molecule is CC(=O)O[C@H]1CC2(C)C=CC(=O)C=C2[C@@]2(C)CCC3(OCCO3)C(C)(C)[C@H]12. The molecule has 0 radical (unpaired) electrons. The Morgan fingerprint density at radius 2 is 1.81 bits per heavy atom. The monoisotopic (exact) mass is 374 g/mol. The molecule has 4 atom stereocenters. The Labute approximate surface area is 161 Å². The van der Waals surface area contributed by atoms with Crippen molar-refractivity contribution >= 4 is 11.8 Å². The van der Waals surface area contributed by atoms with Crippen LogP contribution < -0.4 is 0 Å². The lowest BCUT2D eigenvalue weighted by Gasteiger charge is -2.65. The molecule has 5 heteroatoms. The molecule has 0 N–H and O–H groups in total. The van der Waals surface area contributed by atoms with Crippen molar-refractivity contribution in [3.8, 4) is 0 Å². The van der Waals surface area contributed by atoms with E-state index in [1.807, 2.05) is 12.2 Å². The molecule has 1 saturated heterocycles. The topological polar surface area (TPSA) is 61.8 Å². The number of rotatable bonds is 1. The first kappa shape index (κ1) is 18.9. The van der Waals surface area contributed by atoms with Crippen LogP contribution in [-0.4, -0.2) is 36.9 Å². The van der Waals surface area contributed by atoms with Gasteiger partial charge in [0.25, 0.3) is 0 Å². The van der Waals surface area contributed by atoms with E-state index in [2.05, 4.69) is 27.7 Å². The summed E-state index contributed by atoms with van der Waals surface area (Å²) >= 11 is 0. The van der Waals surface area contributed by atoms with Crippen molar-refractivity contribution in [2.75, 3.05) is 13.2 Å². The summed E-state index contributed by atoms with van der Waals surface area (Å²) in [6, 6.07) is 0. The minimum absolute atomic E-state index is 0.000579. The van der Waals surface area contributed by atoms with Gasteiger partial charge in [0, 0.05) is 30.1 Å². The first-order chi connectivity index (χ1) is 12.5. The lowest BCUT2D eigenvalue weighted by Crippen LogP contribution is -2.66. The summed E-state index contributed by atoms with van der Waals surface area (Å²) in [6.45, 7) is 11.4. The summed E-state index contributed by atoms with van der Waals surface area (Å²) in [7, 11) is 0. The van der Waals surface area contributed by atoms with Gasteiger partial charge < -0.3 is 14.2 Å². The van der Waals surface area contributed by atoms with Gasteiger partial charge in [0.2, 0.25) is 0 Å². The highest BCUT2D eigenvalue weighted by molar-refractivity contribution is 6.01. The zero-order valence-corrected chi connectivity index (χ0v) is 17.0. The third kappa shape index (κ3) is 2.51. The Morgan fingerprint density at radius 1 is 1.15 bits per heavy atom. The van der Waals surface area contributed by atoms with Crippen LogP contribution >= 0.6 is 0 Å². The summed E-state index contributed by atoms with van der Waals surface area (Å²) in [5, 5.41) is 0. The van der Waals surface area contributed by atoms with Crippen molar-refractivity contribution in [3.05, 3.63) is 23.8 Å². The Hall–Kier alpha value is -1.46. The quantitative estimate of drug-likeness (QED) is 0.657. The molecule has 4 rings (SSSR count). The van der Waals surface area contributed by atoms with Gasteiger partial charge in [-0.15, -0.1) is 0 Å². The molecule has 1 aliphatic heterocycles. The van der Waals surface area contributed by atoms with E-state index in [4.69, 9.17) is 14.2 Å². The molecular formula is C22H30O5. The molecule has 5 nitrogen and oxygen atoms in total. The van der Waals surface area contributed by atoms with Crippen LogP contribution in [0.3, 0.4) is 0 Å². The number of fused-ring (bicyclic) bond motifs is 3. The van der Waals surface area contributed by atoms with Crippen LogP contribution in [0.25, 0.3) is 0 Å². The van der Waals surface area contributed by atoms with Crippen LogP contribution in [0.5, 0.6) is 0 Å². The van der Waals surface area contributed by atoms with E-state index in [1.165, 1.54) is 6.92 Å². The van der Waals surface area contributed by atoms with Crippen molar-refractivity contribution in [3.63, 3.8) is 0 Å². The van der Waals surface area contributed by atoms with Gasteiger partial charge in [-0.1, -0.05) is 39.3 Å². The summed E-state index contributed by atoms with van der Waals surface area (Å²) in [5.74, 6) is -0.879. The van der Waals surface area contributed by atoms with Gasteiger partial charge in [0.1, 0.15) is 6.10 Å². The third-order valence-corrected chi connectivity index (χ3v) is 7.62. The van der Waals surface area contributed by atoms with Gasteiger partial charge >= 0.3 is 5.97 Å². The molecular weight excluding hydrogens is 344 g/mol. The molecule has 3 fully saturated rings. The van der Waals surface area contributed by atoms with Crippen LogP contribution in [0.4, 0.5) is 0 Å². The number of esters is 1. The summed E-state index contributed by atoms with van der Waals surface area (Å²) in [5.41, 5.74) is 0.245. The minimum Gasteiger partial charge on any atom is -0.462 e. The average Bonchev–Trinajstić information content (AvgIpc) is 3.03. The zero-order chi connectivity index (χ0) is 19.7. The second-order valence-electron chi connectivity index (χ2n) is 9.63. The number of allylic oxidation sites excluding steroid dienone is 4. The Bertz CT molecular complexity index is 742. The summed E-state index contributed by atoms with van der Waals surface area (Å²) in [4.78, 5) is 24.2. The fourth-order valence-electron chi connectivity index (χ4n) is 6.65. The van der Waals surface area contributed by atoms with Gasteiger partial charge in [-0.25, -0.2) is 0 Å². The summed E-state index contributed by atoms with van der Waals surface area (Å²) in [6.07, 6.45) is 7.49. The number of hydrogen-bond donors (Lipinski definition) is 0. The number of carbonyl (C=O) groups is 2. The van der Waals surface area contributed by atoms with E-state index < -0.39 is 5.79 Å².